The van der Waals surface area contributed by atoms with Gasteiger partial charge in [0.1, 0.15) is 0 Å². The Hall–Kier alpha value is -1.06. The Kier molecular flexibility index (Phi) is 9.29. The quantitative estimate of drug-likeness (QED) is 0.499. The second-order valence-corrected chi connectivity index (χ2v) is 1.36. The van der Waals surface area contributed by atoms with Crippen LogP contribution in [0.15, 0.2) is 0 Å². The molecule has 0 aromatic carbocycles. The number of hydrogen-bond acceptors (Lipinski definition) is 2. The molecule has 2 N–H and O–H groups in total. The second kappa shape index (κ2) is 7.94. The van der Waals surface area contributed by atoms with E-state index >= 15 is 0 Å². The standard InChI is InChI=1S/C4H8N2O2.C2H6.2H2/c1-3(7)5-6-4(2)8;1-2;;/h1-2H3,(H,5,7)(H,6,8);1-2H3;2*1H. The van der Waals surface area contributed by atoms with Crippen molar-refractivity contribution >= 4 is 11.8 Å². The van der Waals surface area contributed by atoms with Crippen molar-refractivity contribution in [2.24, 2.45) is 0 Å². The zero-order valence-corrected chi connectivity index (χ0v) is 6.82. The molecule has 0 spiro atoms. The van der Waals surface area contributed by atoms with Crippen LogP contribution >= 0.6 is 0 Å². The molecule has 0 aliphatic heterocycles. The molecule has 0 radical (unpaired) electrons. The van der Waals surface area contributed by atoms with Crippen LogP contribution < -0.4 is 10.9 Å². The molecule has 0 aliphatic rings. The van der Waals surface area contributed by atoms with Gasteiger partial charge in [0.15, 0.2) is 0 Å². The van der Waals surface area contributed by atoms with Gasteiger partial charge in [0, 0.05) is 16.7 Å². The number of hydrazine groups is 1. The van der Waals surface area contributed by atoms with E-state index < -0.39 is 0 Å². The van der Waals surface area contributed by atoms with Crippen molar-refractivity contribution in [1.29, 1.82) is 0 Å². The highest BCUT2D eigenvalue weighted by molar-refractivity contribution is 5.78. The molecule has 0 saturated heterocycles. The largest absolute Gasteiger partial charge is 0.274 e. The van der Waals surface area contributed by atoms with Crippen molar-refractivity contribution in [3.8, 4) is 0 Å². The maximum absolute atomic E-state index is 10.0. The lowest BCUT2D eigenvalue weighted by Gasteiger charge is -1.97. The average Bonchev–Trinajstić information content (AvgIpc) is 1.89. The Morgan fingerprint density at radius 3 is 1.30 bits per heavy atom. The van der Waals surface area contributed by atoms with Gasteiger partial charge in [-0.15, -0.1) is 0 Å². The number of nitrogens with one attached hydrogen (secondary N) is 2. The second-order valence-electron chi connectivity index (χ2n) is 1.36. The molecule has 0 unspecified atom stereocenters. The molecule has 0 aromatic rings. The van der Waals surface area contributed by atoms with E-state index in [1.807, 2.05) is 13.8 Å². The molecular weight excluding hydrogens is 132 g/mol. The molecule has 4 nitrogen and oxygen atoms in total. The fourth-order valence-electron chi connectivity index (χ4n) is 0.176. The van der Waals surface area contributed by atoms with Crippen LogP contribution in [0.3, 0.4) is 0 Å². The first kappa shape index (κ1) is 11.7. The van der Waals surface area contributed by atoms with Crippen molar-refractivity contribution in [3.05, 3.63) is 0 Å². The Morgan fingerprint density at radius 1 is 1.00 bits per heavy atom. The maximum Gasteiger partial charge on any atom is 0.235 e. The van der Waals surface area contributed by atoms with Crippen molar-refractivity contribution in [2.45, 2.75) is 27.7 Å². The molecule has 64 valence electrons. The molecule has 4 heteroatoms. The van der Waals surface area contributed by atoms with Gasteiger partial charge in [0.2, 0.25) is 11.8 Å². The predicted octanol–water partition coefficient (Wildman–Crippen LogP) is 0.692. The van der Waals surface area contributed by atoms with E-state index in [2.05, 4.69) is 10.9 Å². The zero-order valence-electron chi connectivity index (χ0n) is 6.82. The third-order valence-electron chi connectivity index (χ3n) is 0.415. The van der Waals surface area contributed by atoms with Gasteiger partial charge in [0.25, 0.3) is 0 Å². The minimum atomic E-state index is -0.278. The molecule has 2 amide bonds. The summed E-state index contributed by atoms with van der Waals surface area (Å²) in [6.45, 7) is 6.63. The highest BCUT2D eigenvalue weighted by Gasteiger charge is 1.88. The van der Waals surface area contributed by atoms with Crippen LogP contribution in [0.1, 0.15) is 30.5 Å². The molecule has 0 atom stereocenters. The van der Waals surface area contributed by atoms with E-state index in [4.69, 9.17) is 0 Å². The monoisotopic (exact) mass is 150 g/mol. The lowest BCUT2D eigenvalue weighted by Crippen LogP contribution is -2.38. The molecule has 0 bridgehead atoms. The summed E-state index contributed by atoms with van der Waals surface area (Å²) in [6, 6.07) is 0. The molecule has 0 aromatic heterocycles. The van der Waals surface area contributed by atoms with Gasteiger partial charge in [-0.1, -0.05) is 13.8 Å². The minimum absolute atomic E-state index is 0. The SMILES string of the molecule is CC.CC(=O)NNC(C)=O.[HH].[HH]. The summed E-state index contributed by atoms with van der Waals surface area (Å²) in [5, 5.41) is 0. The van der Waals surface area contributed by atoms with Gasteiger partial charge < -0.3 is 0 Å². The normalized spacial score (nSPS) is 6.80. The van der Waals surface area contributed by atoms with Crippen LogP contribution in [0.5, 0.6) is 0 Å². The highest BCUT2D eigenvalue weighted by atomic mass is 16.2. The van der Waals surface area contributed by atoms with E-state index in [0.717, 1.165) is 0 Å². The summed E-state index contributed by atoms with van der Waals surface area (Å²) in [7, 11) is 0. The topological polar surface area (TPSA) is 58.2 Å². The van der Waals surface area contributed by atoms with Crippen LogP contribution in [0.25, 0.3) is 0 Å². The molecule has 0 heterocycles. The number of amides is 2. The Morgan fingerprint density at radius 2 is 1.20 bits per heavy atom. The van der Waals surface area contributed by atoms with E-state index in [0.29, 0.717) is 0 Å². The summed E-state index contributed by atoms with van der Waals surface area (Å²) < 4.78 is 0. The Labute approximate surface area is 63.9 Å². The van der Waals surface area contributed by atoms with Gasteiger partial charge in [-0.25, -0.2) is 0 Å². The number of carbonyl (C=O) groups excluding carboxylic acids is 2. The van der Waals surface area contributed by atoms with Crippen molar-refractivity contribution in [1.82, 2.24) is 10.9 Å². The Balaban J connectivity index is -0.0000000740. The van der Waals surface area contributed by atoms with Crippen LogP contribution in [0.2, 0.25) is 0 Å². The lowest BCUT2D eigenvalue weighted by molar-refractivity contribution is -0.126. The molecule has 0 saturated carbocycles. The average molecular weight is 150 g/mol. The van der Waals surface area contributed by atoms with Gasteiger partial charge >= 0.3 is 0 Å². The first-order valence-electron chi connectivity index (χ1n) is 3.16. The van der Waals surface area contributed by atoms with E-state index in [-0.39, 0.29) is 14.7 Å². The summed E-state index contributed by atoms with van der Waals surface area (Å²) in [5.74, 6) is -0.555. The third-order valence-corrected chi connectivity index (χ3v) is 0.415. The van der Waals surface area contributed by atoms with E-state index in [9.17, 15) is 9.59 Å². The van der Waals surface area contributed by atoms with Crippen molar-refractivity contribution in [3.63, 3.8) is 0 Å². The summed E-state index contributed by atoms with van der Waals surface area (Å²) in [5.41, 5.74) is 4.21. The van der Waals surface area contributed by atoms with Crippen LogP contribution in [-0.4, -0.2) is 11.8 Å². The fraction of sp³-hybridized carbons (Fsp3) is 0.667. The number of carbonyl (C=O) groups is 2. The molecule has 0 fully saturated rings. The first-order chi connectivity index (χ1) is 4.63. The molecule has 10 heavy (non-hydrogen) atoms. The predicted molar refractivity (Wildman–Crippen MR) is 43.2 cm³/mol. The first-order valence-corrected chi connectivity index (χ1v) is 3.16. The van der Waals surface area contributed by atoms with E-state index in [1.165, 1.54) is 13.8 Å². The fourth-order valence-corrected chi connectivity index (χ4v) is 0.176. The van der Waals surface area contributed by atoms with Gasteiger partial charge in [-0.3, -0.25) is 20.4 Å². The minimum Gasteiger partial charge on any atom is -0.274 e. The molecule has 0 rings (SSSR count). The van der Waals surface area contributed by atoms with Gasteiger partial charge in [-0.2, -0.15) is 0 Å². The van der Waals surface area contributed by atoms with Crippen molar-refractivity contribution < 1.29 is 12.4 Å². The smallest absolute Gasteiger partial charge is 0.235 e. The number of hydrogen-bond donors (Lipinski definition) is 2. The van der Waals surface area contributed by atoms with Gasteiger partial charge in [-0.05, 0) is 0 Å². The third kappa shape index (κ3) is 15.8. The lowest BCUT2D eigenvalue weighted by atomic mass is 10.7. The molecule has 0 aliphatic carbocycles. The van der Waals surface area contributed by atoms with Crippen molar-refractivity contribution in [2.75, 3.05) is 0 Å². The summed E-state index contributed by atoms with van der Waals surface area (Å²) in [4.78, 5) is 20.0. The molecular formula is C6H18N2O2. The maximum atomic E-state index is 10.0. The van der Waals surface area contributed by atoms with Crippen LogP contribution in [0.4, 0.5) is 0 Å². The van der Waals surface area contributed by atoms with E-state index in [1.54, 1.807) is 0 Å². The highest BCUT2D eigenvalue weighted by Crippen LogP contribution is 1.54. The zero-order chi connectivity index (χ0) is 8.57. The summed E-state index contributed by atoms with van der Waals surface area (Å²) in [6.07, 6.45) is 0. The van der Waals surface area contributed by atoms with Gasteiger partial charge in [0.05, 0.1) is 0 Å². The summed E-state index contributed by atoms with van der Waals surface area (Å²) >= 11 is 0. The van der Waals surface area contributed by atoms with Crippen LogP contribution in [-0.2, 0) is 9.59 Å². The number of rotatable bonds is 0. The Bertz CT molecular complexity index is 106. The van der Waals surface area contributed by atoms with Crippen LogP contribution in [0, 0.1) is 0 Å².